The summed E-state index contributed by atoms with van der Waals surface area (Å²) in [7, 11) is 0. The Morgan fingerprint density at radius 2 is 1.72 bits per heavy atom. The molecular formula is C13H27NO4. The van der Waals surface area contributed by atoms with Crippen molar-refractivity contribution in [1.29, 1.82) is 0 Å². The summed E-state index contributed by atoms with van der Waals surface area (Å²) < 4.78 is 15.6. The maximum absolute atomic E-state index is 11.5. The molecule has 18 heavy (non-hydrogen) atoms. The predicted octanol–water partition coefficient (Wildman–Crippen LogP) is 1.49. The summed E-state index contributed by atoms with van der Waals surface area (Å²) in [5.41, 5.74) is 4.95. The first-order chi connectivity index (χ1) is 8.54. The number of nitrogens with two attached hydrogens (primary N) is 1. The van der Waals surface area contributed by atoms with Crippen LogP contribution < -0.4 is 5.73 Å². The van der Waals surface area contributed by atoms with Gasteiger partial charge in [-0.3, -0.25) is 4.79 Å². The molecule has 0 aromatic heterocycles. The zero-order valence-corrected chi connectivity index (χ0v) is 11.9. The van der Waals surface area contributed by atoms with Crippen molar-refractivity contribution in [2.75, 3.05) is 33.0 Å². The van der Waals surface area contributed by atoms with Gasteiger partial charge < -0.3 is 19.9 Å². The van der Waals surface area contributed by atoms with E-state index in [0.29, 0.717) is 32.8 Å². The lowest BCUT2D eigenvalue weighted by Crippen LogP contribution is -2.46. The summed E-state index contributed by atoms with van der Waals surface area (Å²) in [5, 5.41) is 0. The predicted molar refractivity (Wildman–Crippen MR) is 70.4 cm³/mol. The van der Waals surface area contributed by atoms with Gasteiger partial charge >= 0.3 is 5.97 Å². The van der Waals surface area contributed by atoms with Crippen molar-refractivity contribution in [1.82, 2.24) is 0 Å². The Kier molecular flexibility index (Phi) is 9.92. The normalized spacial score (nSPS) is 14.2. The second kappa shape index (κ2) is 10.3. The lowest BCUT2D eigenvalue weighted by molar-refractivity contribution is -0.149. The van der Waals surface area contributed by atoms with E-state index in [-0.39, 0.29) is 5.97 Å². The first-order valence-electron chi connectivity index (χ1n) is 6.66. The van der Waals surface area contributed by atoms with E-state index < -0.39 is 5.54 Å². The minimum Gasteiger partial charge on any atom is -0.465 e. The van der Waals surface area contributed by atoms with Crippen LogP contribution in [0, 0.1) is 0 Å². The third kappa shape index (κ3) is 8.44. The van der Waals surface area contributed by atoms with Crippen LogP contribution >= 0.6 is 0 Å². The molecule has 0 heterocycles. The Hall–Kier alpha value is -0.650. The molecule has 0 fully saturated rings. The number of hydrogen-bond donors (Lipinski definition) is 1. The molecule has 1 unspecified atom stereocenters. The maximum atomic E-state index is 11.5. The molecule has 5 nitrogen and oxygen atoms in total. The van der Waals surface area contributed by atoms with E-state index >= 15 is 0 Å². The van der Waals surface area contributed by atoms with Crippen LogP contribution in [0.3, 0.4) is 0 Å². The van der Waals surface area contributed by atoms with Crippen molar-refractivity contribution in [3.8, 4) is 0 Å². The average Bonchev–Trinajstić information content (AvgIpc) is 2.33. The molecule has 108 valence electrons. The van der Waals surface area contributed by atoms with E-state index in [2.05, 4.69) is 6.92 Å². The van der Waals surface area contributed by atoms with Gasteiger partial charge in [-0.2, -0.15) is 0 Å². The highest BCUT2D eigenvalue weighted by Crippen LogP contribution is 2.11. The number of ether oxygens (including phenoxy) is 3. The van der Waals surface area contributed by atoms with E-state index in [9.17, 15) is 4.79 Å². The van der Waals surface area contributed by atoms with Gasteiger partial charge in [0.1, 0.15) is 5.54 Å². The highest BCUT2D eigenvalue weighted by atomic mass is 16.5. The Morgan fingerprint density at radius 3 is 2.28 bits per heavy atom. The molecule has 0 aromatic rings. The Balaban J connectivity index is 3.49. The summed E-state index contributed by atoms with van der Waals surface area (Å²) in [6.45, 7) is 8.44. The zero-order valence-electron chi connectivity index (χ0n) is 11.9. The van der Waals surface area contributed by atoms with Gasteiger partial charge in [0, 0.05) is 13.2 Å². The van der Waals surface area contributed by atoms with Gasteiger partial charge in [0.25, 0.3) is 0 Å². The van der Waals surface area contributed by atoms with E-state index in [1.54, 1.807) is 13.8 Å². The van der Waals surface area contributed by atoms with Gasteiger partial charge in [-0.15, -0.1) is 0 Å². The molecule has 0 aliphatic carbocycles. The van der Waals surface area contributed by atoms with E-state index in [1.807, 2.05) is 0 Å². The fourth-order valence-corrected chi connectivity index (χ4v) is 1.41. The topological polar surface area (TPSA) is 70.8 Å². The molecule has 0 bridgehead atoms. The van der Waals surface area contributed by atoms with Gasteiger partial charge in [-0.1, -0.05) is 6.92 Å². The third-order valence-electron chi connectivity index (χ3n) is 2.45. The Labute approximate surface area is 110 Å². The number of esters is 1. The lowest BCUT2D eigenvalue weighted by Gasteiger charge is -2.21. The molecule has 0 saturated heterocycles. The monoisotopic (exact) mass is 261 g/mol. The van der Waals surface area contributed by atoms with Crippen molar-refractivity contribution in [3.63, 3.8) is 0 Å². The SMILES string of the molecule is CCCOCCOCCCC(C)(N)C(=O)OCC. The van der Waals surface area contributed by atoms with Crippen LogP contribution in [-0.2, 0) is 19.0 Å². The van der Waals surface area contributed by atoms with Crippen LogP contribution in [0.4, 0.5) is 0 Å². The first-order valence-corrected chi connectivity index (χ1v) is 6.66. The average molecular weight is 261 g/mol. The smallest absolute Gasteiger partial charge is 0.325 e. The van der Waals surface area contributed by atoms with Crippen LogP contribution in [0.1, 0.15) is 40.0 Å². The molecule has 0 aromatic carbocycles. The highest BCUT2D eigenvalue weighted by molar-refractivity contribution is 5.79. The van der Waals surface area contributed by atoms with Crippen LogP contribution in [0.25, 0.3) is 0 Å². The zero-order chi connectivity index (χ0) is 13.9. The molecule has 0 aliphatic rings. The first kappa shape index (κ1) is 17.4. The summed E-state index contributed by atoms with van der Waals surface area (Å²) in [5.74, 6) is -0.351. The molecule has 5 heteroatoms. The molecule has 1 atom stereocenters. The number of rotatable bonds is 11. The summed E-state index contributed by atoms with van der Waals surface area (Å²) in [6, 6.07) is 0. The molecule has 0 saturated carbocycles. The Morgan fingerprint density at radius 1 is 1.11 bits per heavy atom. The van der Waals surface area contributed by atoms with Gasteiger partial charge in [-0.25, -0.2) is 0 Å². The lowest BCUT2D eigenvalue weighted by atomic mass is 9.98. The van der Waals surface area contributed by atoms with Crippen LogP contribution in [0.5, 0.6) is 0 Å². The van der Waals surface area contributed by atoms with Gasteiger partial charge in [0.15, 0.2) is 0 Å². The summed E-state index contributed by atoms with van der Waals surface area (Å²) in [6.07, 6.45) is 2.31. The van der Waals surface area contributed by atoms with E-state index in [4.69, 9.17) is 19.9 Å². The molecule has 0 aliphatic heterocycles. The van der Waals surface area contributed by atoms with Gasteiger partial charge in [-0.05, 0) is 33.1 Å². The molecule has 0 amide bonds. The van der Waals surface area contributed by atoms with Crippen molar-refractivity contribution >= 4 is 5.97 Å². The second-order valence-corrected chi connectivity index (χ2v) is 4.47. The van der Waals surface area contributed by atoms with Gasteiger partial charge in [0.05, 0.1) is 19.8 Å². The molecule has 0 rings (SSSR count). The quantitative estimate of drug-likeness (QED) is 0.451. The van der Waals surface area contributed by atoms with Gasteiger partial charge in [0.2, 0.25) is 0 Å². The van der Waals surface area contributed by atoms with Crippen molar-refractivity contribution in [2.24, 2.45) is 5.73 Å². The van der Waals surface area contributed by atoms with Crippen molar-refractivity contribution < 1.29 is 19.0 Å². The molecular weight excluding hydrogens is 234 g/mol. The minimum atomic E-state index is -0.919. The second-order valence-electron chi connectivity index (χ2n) is 4.47. The molecule has 0 radical (unpaired) electrons. The number of hydrogen-bond acceptors (Lipinski definition) is 5. The summed E-state index contributed by atoms with van der Waals surface area (Å²) in [4.78, 5) is 11.5. The minimum absolute atomic E-state index is 0.351. The summed E-state index contributed by atoms with van der Waals surface area (Å²) >= 11 is 0. The van der Waals surface area contributed by atoms with E-state index in [0.717, 1.165) is 19.4 Å². The van der Waals surface area contributed by atoms with Crippen LogP contribution in [-0.4, -0.2) is 44.5 Å². The molecule has 2 N–H and O–H groups in total. The maximum Gasteiger partial charge on any atom is 0.325 e. The van der Waals surface area contributed by atoms with E-state index in [1.165, 1.54) is 0 Å². The number of carbonyl (C=O) groups is 1. The fourth-order valence-electron chi connectivity index (χ4n) is 1.41. The van der Waals surface area contributed by atoms with Crippen LogP contribution in [0.15, 0.2) is 0 Å². The van der Waals surface area contributed by atoms with Crippen molar-refractivity contribution in [3.05, 3.63) is 0 Å². The number of carbonyl (C=O) groups excluding carboxylic acids is 1. The van der Waals surface area contributed by atoms with Crippen molar-refractivity contribution in [2.45, 2.75) is 45.6 Å². The molecule has 0 spiro atoms. The highest BCUT2D eigenvalue weighted by Gasteiger charge is 2.29. The largest absolute Gasteiger partial charge is 0.465 e. The standard InChI is InChI=1S/C13H27NO4/c1-4-8-16-10-11-17-9-6-7-13(3,14)12(15)18-5-2/h4-11,14H2,1-3H3. The Bertz CT molecular complexity index is 219. The fraction of sp³-hybridized carbons (Fsp3) is 0.923. The third-order valence-corrected chi connectivity index (χ3v) is 2.45. The van der Waals surface area contributed by atoms with Crippen LogP contribution in [0.2, 0.25) is 0 Å².